The van der Waals surface area contributed by atoms with E-state index in [0.29, 0.717) is 12.6 Å². The summed E-state index contributed by atoms with van der Waals surface area (Å²) in [6, 6.07) is 0.714. The normalized spacial score (nSPS) is 34.5. The third-order valence-electron chi connectivity index (χ3n) is 3.81. The maximum absolute atomic E-state index is 9.61. The summed E-state index contributed by atoms with van der Waals surface area (Å²) in [5, 5.41) is 14.1. The van der Waals surface area contributed by atoms with Crippen LogP contribution in [0.4, 0.5) is 0 Å². The zero-order chi connectivity index (χ0) is 11.4. The number of hydrogen-bond donors (Lipinski definition) is 2. The first-order chi connectivity index (χ1) is 7.78. The van der Waals surface area contributed by atoms with Gasteiger partial charge in [-0.3, -0.25) is 0 Å². The van der Waals surface area contributed by atoms with Crippen molar-refractivity contribution in [2.24, 2.45) is 0 Å². The lowest BCUT2D eigenvalue weighted by molar-refractivity contribution is 0.163. The Bertz CT molecular complexity index is 220. The van der Waals surface area contributed by atoms with Gasteiger partial charge in [-0.2, -0.15) is 11.8 Å². The monoisotopic (exact) mass is 243 g/mol. The average molecular weight is 243 g/mol. The van der Waals surface area contributed by atoms with Gasteiger partial charge in [0.2, 0.25) is 0 Å². The highest BCUT2D eigenvalue weighted by molar-refractivity contribution is 7.99. The molecule has 0 radical (unpaired) electrons. The standard InChI is InChI=1S/C13H25NOS/c1-2-3-8-16-12-6-7-13(9-12,10-15)14-11-4-5-11/h11-12,14-15H,2-10H2,1H3. The van der Waals surface area contributed by atoms with Crippen LogP contribution in [0, 0.1) is 0 Å². The summed E-state index contributed by atoms with van der Waals surface area (Å²) in [6.45, 7) is 2.58. The zero-order valence-corrected chi connectivity index (χ0v) is 11.2. The van der Waals surface area contributed by atoms with Crippen LogP contribution in [0.1, 0.15) is 51.9 Å². The van der Waals surface area contributed by atoms with E-state index in [0.717, 1.165) is 5.25 Å². The minimum Gasteiger partial charge on any atom is -0.394 e. The Labute approximate surface area is 104 Å². The average Bonchev–Trinajstić information content (AvgIpc) is 3.00. The molecule has 0 aliphatic heterocycles. The summed E-state index contributed by atoms with van der Waals surface area (Å²) in [5.41, 5.74) is 0.0745. The van der Waals surface area contributed by atoms with Crippen LogP contribution in [0.5, 0.6) is 0 Å². The van der Waals surface area contributed by atoms with Gasteiger partial charge >= 0.3 is 0 Å². The summed E-state index contributed by atoms with van der Waals surface area (Å²) in [6.07, 6.45) is 8.89. The largest absolute Gasteiger partial charge is 0.394 e. The van der Waals surface area contributed by atoms with E-state index in [9.17, 15) is 5.11 Å². The molecule has 94 valence electrons. The molecule has 0 aromatic heterocycles. The molecule has 2 saturated carbocycles. The highest BCUT2D eigenvalue weighted by atomic mass is 32.2. The molecule has 0 aromatic carbocycles. The minimum absolute atomic E-state index is 0.0745. The first-order valence-corrected chi connectivity index (χ1v) is 7.83. The number of rotatable bonds is 7. The molecule has 0 aromatic rings. The van der Waals surface area contributed by atoms with Crippen molar-refractivity contribution in [3.05, 3.63) is 0 Å². The molecule has 2 unspecified atom stereocenters. The van der Waals surface area contributed by atoms with Crippen LogP contribution in [-0.2, 0) is 0 Å². The Hall–Kier alpha value is 0.270. The van der Waals surface area contributed by atoms with Gasteiger partial charge in [0, 0.05) is 16.8 Å². The van der Waals surface area contributed by atoms with Gasteiger partial charge in [-0.05, 0) is 44.3 Å². The minimum atomic E-state index is 0.0745. The smallest absolute Gasteiger partial charge is 0.0613 e. The van der Waals surface area contributed by atoms with Crippen LogP contribution >= 0.6 is 11.8 Å². The van der Waals surface area contributed by atoms with E-state index in [1.54, 1.807) is 0 Å². The molecule has 2 nitrogen and oxygen atoms in total. The van der Waals surface area contributed by atoms with Gasteiger partial charge in [0.15, 0.2) is 0 Å². The van der Waals surface area contributed by atoms with Gasteiger partial charge in [0.1, 0.15) is 0 Å². The molecule has 2 fully saturated rings. The molecule has 0 amide bonds. The second kappa shape index (κ2) is 5.74. The van der Waals surface area contributed by atoms with E-state index in [4.69, 9.17) is 0 Å². The molecule has 2 atom stereocenters. The fraction of sp³-hybridized carbons (Fsp3) is 1.00. The fourth-order valence-electron chi connectivity index (χ4n) is 2.59. The van der Waals surface area contributed by atoms with Crippen molar-refractivity contribution < 1.29 is 5.11 Å². The molecule has 2 N–H and O–H groups in total. The van der Waals surface area contributed by atoms with Crippen molar-refractivity contribution in [3.8, 4) is 0 Å². The van der Waals surface area contributed by atoms with Gasteiger partial charge in [-0.25, -0.2) is 0 Å². The molecule has 2 aliphatic rings. The molecule has 0 bridgehead atoms. The molecular formula is C13H25NOS. The van der Waals surface area contributed by atoms with Crippen molar-refractivity contribution >= 4 is 11.8 Å². The van der Waals surface area contributed by atoms with Gasteiger partial charge < -0.3 is 10.4 Å². The number of aliphatic hydroxyl groups excluding tert-OH is 1. The van der Waals surface area contributed by atoms with E-state index in [-0.39, 0.29) is 5.54 Å². The van der Waals surface area contributed by atoms with Crippen LogP contribution < -0.4 is 5.32 Å². The number of thioether (sulfide) groups is 1. The number of aliphatic hydroxyl groups is 1. The summed E-state index contributed by atoms with van der Waals surface area (Å²) in [5.74, 6) is 1.30. The van der Waals surface area contributed by atoms with Gasteiger partial charge in [-0.15, -0.1) is 0 Å². The zero-order valence-electron chi connectivity index (χ0n) is 10.4. The third-order valence-corrected chi connectivity index (χ3v) is 5.20. The second-order valence-electron chi connectivity index (χ2n) is 5.45. The van der Waals surface area contributed by atoms with Crippen LogP contribution in [0.3, 0.4) is 0 Å². The maximum atomic E-state index is 9.61. The van der Waals surface area contributed by atoms with Crippen molar-refractivity contribution in [1.29, 1.82) is 0 Å². The predicted molar refractivity (Wildman–Crippen MR) is 71.0 cm³/mol. The van der Waals surface area contributed by atoms with Crippen LogP contribution in [0.2, 0.25) is 0 Å². The Balaban J connectivity index is 1.74. The highest BCUT2D eigenvalue weighted by Crippen LogP contribution is 2.39. The molecule has 0 heterocycles. The molecule has 0 spiro atoms. The van der Waals surface area contributed by atoms with Gasteiger partial charge in [0.25, 0.3) is 0 Å². The summed E-state index contributed by atoms with van der Waals surface area (Å²) < 4.78 is 0. The van der Waals surface area contributed by atoms with E-state index < -0.39 is 0 Å². The number of hydrogen-bond acceptors (Lipinski definition) is 3. The van der Waals surface area contributed by atoms with Crippen LogP contribution in [-0.4, -0.2) is 34.3 Å². The molecule has 2 aliphatic carbocycles. The molecule has 2 rings (SSSR count). The fourth-order valence-corrected chi connectivity index (χ4v) is 4.10. The Morgan fingerprint density at radius 1 is 1.38 bits per heavy atom. The molecule has 16 heavy (non-hydrogen) atoms. The predicted octanol–water partition coefficient (Wildman–Crippen LogP) is 2.56. The van der Waals surface area contributed by atoms with E-state index >= 15 is 0 Å². The summed E-state index contributed by atoms with van der Waals surface area (Å²) in [4.78, 5) is 0. The lowest BCUT2D eigenvalue weighted by atomic mass is 9.99. The van der Waals surface area contributed by atoms with Crippen molar-refractivity contribution in [2.75, 3.05) is 12.4 Å². The lowest BCUT2D eigenvalue weighted by Gasteiger charge is -2.28. The lowest BCUT2D eigenvalue weighted by Crippen LogP contribution is -2.47. The van der Waals surface area contributed by atoms with Crippen LogP contribution in [0.25, 0.3) is 0 Å². The second-order valence-corrected chi connectivity index (χ2v) is 6.85. The maximum Gasteiger partial charge on any atom is 0.0613 e. The van der Waals surface area contributed by atoms with Crippen molar-refractivity contribution in [2.45, 2.75) is 68.7 Å². The summed E-state index contributed by atoms with van der Waals surface area (Å²) in [7, 11) is 0. The van der Waals surface area contributed by atoms with E-state index in [1.165, 1.54) is 50.7 Å². The van der Waals surface area contributed by atoms with E-state index in [1.807, 2.05) is 0 Å². The third kappa shape index (κ3) is 3.38. The molecule has 0 saturated heterocycles. The Kier molecular flexibility index (Phi) is 4.57. The van der Waals surface area contributed by atoms with Crippen molar-refractivity contribution in [1.82, 2.24) is 5.32 Å². The van der Waals surface area contributed by atoms with Gasteiger partial charge in [-0.1, -0.05) is 13.3 Å². The van der Waals surface area contributed by atoms with Crippen LogP contribution in [0.15, 0.2) is 0 Å². The quantitative estimate of drug-likeness (QED) is 0.674. The Morgan fingerprint density at radius 2 is 2.19 bits per heavy atom. The Morgan fingerprint density at radius 3 is 2.81 bits per heavy atom. The molecule has 3 heteroatoms. The van der Waals surface area contributed by atoms with Crippen molar-refractivity contribution in [3.63, 3.8) is 0 Å². The SMILES string of the molecule is CCCCSC1CCC(CO)(NC2CC2)C1. The summed E-state index contributed by atoms with van der Waals surface area (Å²) >= 11 is 2.12. The molecular weight excluding hydrogens is 218 g/mol. The van der Waals surface area contributed by atoms with Gasteiger partial charge in [0.05, 0.1) is 6.61 Å². The highest BCUT2D eigenvalue weighted by Gasteiger charge is 2.41. The first kappa shape index (κ1) is 12.7. The topological polar surface area (TPSA) is 32.3 Å². The first-order valence-electron chi connectivity index (χ1n) is 6.78. The number of unbranched alkanes of at least 4 members (excludes halogenated alkanes) is 1. The number of nitrogens with one attached hydrogen (secondary N) is 1. The van der Waals surface area contributed by atoms with E-state index in [2.05, 4.69) is 24.0 Å².